The molecule has 244 valence electrons. The van der Waals surface area contributed by atoms with Gasteiger partial charge in [-0.2, -0.15) is 0 Å². The molecule has 7 nitrogen and oxygen atoms in total. The van der Waals surface area contributed by atoms with E-state index in [4.69, 9.17) is 39.2 Å². The van der Waals surface area contributed by atoms with Crippen LogP contribution in [0.3, 0.4) is 0 Å². The van der Waals surface area contributed by atoms with E-state index in [-0.39, 0.29) is 27.8 Å². The van der Waals surface area contributed by atoms with Crippen molar-refractivity contribution in [3.05, 3.63) is 127 Å². The Kier molecular flexibility index (Phi) is 8.11. The zero-order valence-corrected chi connectivity index (χ0v) is 28.1. The topological polar surface area (TPSA) is 119 Å². The third-order valence-electron chi connectivity index (χ3n) is 9.82. The highest BCUT2D eigenvalue weighted by Crippen LogP contribution is 2.45. The molecule has 0 spiro atoms. The van der Waals surface area contributed by atoms with Gasteiger partial charge in [-0.25, -0.2) is 4.98 Å². The Labute approximate surface area is 311 Å². The van der Waals surface area contributed by atoms with Crippen LogP contribution in [0.1, 0.15) is 5.82 Å². The molecule has 1 atom stereocenters. The molecule has 7 aromatic carbocycles. The average Bonchev–Trinajstić information content (AvgIpc) is 3.56. The Hall–Kier alpha value is -5.67. The summed E-state index contributed by atoms with van der Waals surface area (Å²) >= 11 is 0. The number of phenolic OH excluding ortho intramolecular Hbond substituents is 2. The number of fused-ring (bicyclic) bond motifs is 3. The van der Waals surface area contributed by atoms with E-state index in [1.165, 1.54) is 0 Å². The second kappa shape index (κ2) is 12.5. The van der Waals surface area contributed by atoms with Crippen molar-refractivity contribution in [3.8, 4) is 50.6 Å². The zero-order chi connectivity index (χ0) is 37.4. The van der Waals surface area contributed by atoms with Gasteiger partial charge < -0.3 is 25.5 Å². The van der Waals surface area contributed by atoms with Gasteiger partial charge in [-0.3, -0.25) is 4.57 Å². The summed E-state index contributed by atoms with van der Waals surface area (Å²) in [5.41, 5.74) is -0.253. The van der Waals surface area contributed by atoms with Gasteiger partial charge in [-0.15, -0.1) is 5.46 Å². The van der Waals surface area contributed by atoms with Crippen LogP contribution < -0.4 is 16.4 Å². The Morgan fingerprint density at radius 2 is 1.02 bits per heavy atom. The van der Waals surface area contributed by atoms with Crippen molar-refractivity contribution in [2.45, 2.75) is 11.2 Å². The Morgan fingerprint density at radius 3 is 1.58 bits per heavy atom. The highest BCUT2D eigenvalue weighted by atomic mass is 16.5. The van der Waals surface area contributed by atoms with Crippen LogP contribution in [0, 0.1) is 0 Å². The van der Waals surface area contributed by atoms with Gasteiger partial charge in [0.1, 0.15) is 54.1 Å². The van der Waals surface area contributed by atoms with Gasteiger partial charge in [0.05, 0.1) is 11.0 Å². The molecule has 0 saturated carbocycles. The van der Waals surface area contributed by atoms with Gasteiger partial charge in [-0.1, -0.05) is 108 Å². The fourth-order valence-corrected chi connectivity index (χ4v) is 7.14. The molecule has 1 unspecified atom stereocenters. The van der Waals surface area contributed by atoms with Crippen molar-refractivity contribution in [2.24, 2.45) is 0 Å². The summed E-state index contributed by atoms with van der Waals surface area (Å²) in [7, 11) is 29.7. The van der Waals surface area contributed by atoms with Gasteiger partial charge in [0.15, 0.2) is 13.6 Å². The second-order valence-electron chi connectivity index (χ2n) is 13.0. The number of hydrogen-bond acceptors (Lipinski definition) is 6. The Bertz CT molecular complexity index is 2670. The van der Waals surface area contributed by atoms with Crippen molar-refractivity contribution in [1.29, 1.82) is 0 Å². The zero-order valence-electron chi connectivity index (χ0n) is 28.1. The van der Waals surface area contributed by atoms with Crippen molar-refractivity contribution in [3.63, 3.8) is 0 Å². The molecule has 8 aromatic rings. The molecule has 0 aliphatic carbocycles. The normalized spacial score (nSPS) is 13.1. The van der Waals surface area contributed by atoms with Crippen LogP contribution in [0.5, 0.6) is 11.5 Å². The molecule has 53 heavy (non-hydrogen) atoms. The molecule has 12 heteroatoms. The van der Waals surface area contributed by atoms with Crippen LogP contribution in [0.15, 0.2) is 121 Å². The van der Waals surface area contributed by atoms with Gasteiger partial charge in [-0.05, 0) is 73.6 Å². The molecule has 1 aromatic heterocycles. The Balaban J connectivity index is 1.34. The minimum absolute atomic E-state index is 0.0125. The summed E-state index contributed by atoms with van der Waals surface area (Å²) in [5.74, 6) is -1.24. The largest absolute Gasteiger partial charge is 0.505 e. The number of aromatic hydroxyl groups is 2. The molecular weight excluding hydrogens is 655 g/mol. The fourth-order valence-electron chi connectivity index (χ4n) is 7.14. The molecular formula is C41H25B5N2O5. The number of phenols is 2. The van der Waals surface area contributed by atoms with Crippen molar-refractivity contribution in [2.75, 3.05) is 0 Å². The first-order valence-electron chi connectivity index (χ1n) is 16.6. The molecule has 10 radical (unpaired) electrons. The number of nitrogens with zero attached hydrogens (tertiary/aromatic N) is 2. The molecule has 0 amide bonds. The fraction of sp³-hybridized carbons (Fsp3) is 0.0488. The number of hydrogen-bond donors (Lipinski definition) is 5. The maximum absolute atomic E-state index is 11.1. The van der Waals surface area contributed by atoms with Crippen LogP contribution in [-0.4, -0.2) is 80.0 Å². The smallest absolute Gasteiger partial charge is 0.164 e. The van der Waals surface area contributed by atoms with Crippen molar-refractivity contribution < 1.29 is 25.5 Å². The maximum atomic E-state index is 11.1. The lowest BCUT2D eigenvalue weighted by molar-refractivity contribution is -0.188. The molecule has 0 aliphatic heterocycles. The first-order chi connectivity index (χ1) is 25.3. The molecule has 0 saturated heterocycles. The number of imidazole rings is 1. The quantitative estimate of drug-likeness (QED) is 0.0798. The number of aromatic nitrogens is 2. The van der Waals surface area contributed by atoms with Crippen LogP contribution >= 0.6 is 0 Å². The van der Waals surface area contributed by atoms with Crippen molar-refractivity contribution >= 4 is 88.2 Å². The third kappa shape index (κ3) is 5.36. The number of para-hydroxylation sites is 2. The summed E-state index contributed by atoms with van der Waals surface area (Å²) in [5, 5.41) is 56.7. The van der Waals surface area contributed by atoms with E-state index in [2.05, 4.69) is 29.2 Å². The van der Waals surface area contributed by atoms with Crippen molar-refractivity contribution in [1.82, 2.24) is 9.55 Å². The lowest BCUT2D eigenvalue weighted by Crippen LogP contribution is -2.54. The van der Waals surface area contributed by atoms with Crippen LogP contribution in [0.2, 0.25) is 0 Å². The molecule has 5 N–H and O–H groups in total. The molecule has 1 heterocycles. The van der Waals surface area contributed by atoms with Crippen LogP contribution in [0.4, 0.5) is 0 Å². The van der Waals surface area contributed by atoms with E-state index in [0.29, 0.717) is 22.3 Å². The summed E-state index contributed by atoms with van der Waals surface area (Å²) in [6.45, 7) is 0. The predicted octanol–water partition coefficient (Wildman–Crippen LogP) is 3.25. The van der Waals surface area contributed by atoms with E-state index < -0.39 is 22.7 Å². The SMILES string of the molecule is [B]c1c([B])c(O)c(O)c(-c2ccc(-c3c4ccccc4c(-c4cccc(-n5c(C([B])(O)C([B])(O)O)nc6ccccc65)c4)c4ccccc34)cc2)c1[B]. The third-order valence-corrected chi connectivity index (χ3v) is 9.82. The predicted molar refractivity (Wildman–Crippen MR) is 214 cm³/mol. The highest BCUT2D eigenvalue weighted by molar-refractivity contribution is 6.59. The van der Waals surface area contributed by atoms with Gasteiger partial charge in [0.25, 0.3) is 0 Å². The summed E-state index contributed by atoms with van der Waals surface area (Å²) in [6, 6.07) is 38.2. The van der Waals surface area contributed by atoms with Crippen LogP contribution in [0.25, 0.3) is 71.6 Å². The lowest BCUT2D eigenvalue weighted by atomic mass is 9.65. The van der Waals surface area contributed by atoms with E-state index in [1.807, 2.05) is 60.7 Å². The van der Waals surface area contributed by atoms with E-state index in [9.17, 15) is 25.5 Å². The molecule has 8 rings (SSSR count). The maximum Gasteiger partial charge on any atom is 0.164 e. The first-order valence-corrected chi connectivity index (χ1v) is 16.6. The van der Waals surface area contributed by atoms with Gasteiger partial charge >= 0.3 is 0 Å². The monoisotopic (exact) mass is 680 g/mol. The number of aliphatic hydroxyl groups is 3. The highest BCUT2D eigenvalue weighted by Gasteiger charge is 2.44. The van der Waals surface area contributed by atoms with Gasteiger partial charge in [0, 0.05) is 11.3 Å². The first kappa shape index (κ1) is 34.4. The average molecular weight is 680 g/mol. The van der Waals surface area contributed by atoms with E-state index >= 15 is 0 Å². The van der Waals surface area contributed by atoms with Gasteiger partial charge in [0.2, 0.25) is 0 Å². The second-order valence-corrected chi connectivity index (χ2v) is 13.0. The van der Waals surface area contributed by atoms with Crippen LogP contribution in [-0.2, 0) is 5.50 Å². The standard InChI is InChI=1S/C41H25B5N2O5/c42-34-33(37(49)38(50)36(44)35(34)43)22-18-16-21(17-19-22)31-25-10-1-3-12-27(25)32(28-13-4-2-11-26(28)31)23-8-7-9-24(20-23)48-30-15-6-5-14-29(30)47-39(48)40(45,51)41(46,52)53/h1-20,49-53H. The molecule has 0 fully saturated rings. The summed E-state index contributed by atoms with van der Waals surface area (Å²) < 4.78 is 1.56. The number of benzene rings is 7. The minimum Gasteiger partial charge on any atom is -0.505 e. The Morgan fingerprint density at radius 1 is 0.509 bits per heavy atom. The molecule has 0 aliphatic rings. The van der Waals surface area contributed by atoms with E-state index in [0.717, 1.165) is 43.8 Å². The number of rotatable bonds is 6. The summed E-state index contributed by atoms with van der Waals surface area (Å²) in [4.78, 5) is 4.47. The summed E-state index contributed by atoms with van der Waals surface area (Å²) in [6.07, 6.45) is 0. The minimum atomic E-state index is -3.21. The lowest BCUT2D eigenvalue weighted by Gasteiger charge is -2.35. The molecule has 0 bridgehead atoms. The van der Waals surface area contributed by atoms with E-state index in [1.54, 1.807) is 41.0 Å².